The Balaban J connectivity index is 1.50. The van der Waals surface area contributed by atoms with Crippen molar-refractivity contribution in [3.8, 4) is 5.69 Å². The maximum absolute atomic E-state index is 12.7. The number of nitrogens with zero attached hydrogens (tertiary/aromatic N) is 4. The molecule has 0 spiro atoms. The molecule has 4 aromatic rings. The van der Waals surface area contributed by atoms with E-state index in [-0.39, 0.29) is 17.6 Å². The van der Waals surface area contributed by atoms with E-state index in [2.05, 4.69) is 27.3 Å². The monoisotopic (exact) mass is 420 g/mol. The first-order valence-electron chi connectivity index (χ1n) is 9.86. The van der Waals surface area contributed by atoms with Gasteiger partial charge in [0.05, 0.1) is 17.9 Å². The molecule has 0 amide bonds. The van der Waals surface area contributed by atoms with Gasteiger partial charge in [0.25, 0.3) is 5.56 Å². The van der Waals surface area contributed by atoms with Gasteiger partial charge >= 0.3 is 0 Å². The Bertz CT molecular complexity index is 1230. The van der Waals surface area contributed by atoms with E-state index in [0.717, 1.165) is 23.7 Å². The fourth-order valence-corrected chi connectivity index (χ4v) is 4.29. The van der Waals surface area contributed by atoms with E-state index < -0.39 is 0 Å². The van der Waals surface area contributed by atoms with Crippen LogP contribution in [0.5, 0.6) is 0 Å². The van der Waals surface area contributed by atoms with Gasteiger partial charge in [0.15, 0.2) is 5.65 Å². The number of benzene rings is 2. The zero-order chi connectivity index (χ0) is 20.7. The minimum absolute atomic E-state index is 0.102. The van der Waals surface area contributed by atoms with Gasteiger partial charge in [0.2, 0.25) is 5.95 Å². The zero-order valence-electron chi connectivity index (χ0n) is 16.4. The lowest BCUT2D eigenvalue weighted by Crippen LogP contribution is -2.30. The summed E-state index contributed by atoms with van der Waals surface area (Å²) in [5, 5.41) is 9.00. The van der Waals surface area contributed by atoms with Crippen molar-refractivity contribution in [1.29, 1.82) is 0 Å². The Kier molecular flexibility index (Phi) is 4.77. The summed E-state index contributed by atoms with van der Waals surface area (Å²) < 4.78 is 1.69. The molecular formula is C22H21ClN6O. The molecule has 0 radical (unpaired) electrons. The molecule has 0 saturated carbocycles. The highest BCUT2D eigenvalue weighted by Gasteiger charge is 2.33. The third-order valence-electron chi connectivity index (χ3n) is 5.62. The van der Waals surface area contributed by atoms with Crippen molar-refractivity contribution in [3.05, 3.63) is 81.7 Å². The van der Waals surface area contributed by atoms with Crippen molar-refractivity contribution in [2.24, 2.45) is 0 Å². The Morgan fingerprint density at radius 3 is 2.67 bits per heavy atom. The summed E-state index contributed by atoms with van der Waals surface area (Å²) in [4.78, 5) is 22.5. The molecule has 0 aliphatic carbocycles. The molecule has 2 N–H and O–H groups in total. The van der Waals surface area contributed by atoms with Crippen molar-refractivity contribution < 1.29 is 0 Å². The van der Waals surface area contributed by atoms with Crippen LogP contribution in [0.25, 0.3) is 16.7 Å². The summed E-state index contributed by atoms with van der Waals surface area (Å²) in [6.07, 6.45) is 2.49. The van der Waals surface area contributed by atoms with Crippen molar-refractivity contribution in [1.82, 2.24) is 24.6 Å². The molecule has 152 valence electrons. The van der Waals surface area contributed by atoms with E-state index in [4.69, 9.17) is 16.6 Å². The van der Waals surface area contributed by atoms with Crippen molar-refractivity contribution in [2.75, 3.05) is 18.9 Å². The molecule has 2 aromatic heterocycles. The van der Waals surface area contributed by atoms with Gasteiger partial charge in [-0.2, -0.15) is 10.1 Å². The van der Waals surface area contributed by atoms with E-state index in [1.54, 1.807) is 10.9 Å². The van der Waals surface area contributed by atoms with Crippen LogP contribution in [0.4, 0.5) is 5.95 Å². The highest BCUT2D eigenvalue weighted by molar-refractivity contribution is 6.30. The lowest BCUT2D eigenvalue weighted by atomic mass is 10.0. The number of aromatic nitrogens is 4. The number of hydrogen-bond acceptors (Lipinski definition) is 5. The number of aromatic amines is 1. The number of anilines is 1. The average Bonchev–Trinajstić information content (AvgIpc) is 3.34. The number of likely N-dealkylation sites (N-methyl/N-ethyl adjacent to an activating group) is 1. The summed E-state index contributed by atoms with van der Waals surface area (Å²) in [5.41, 5.74) is 2.35. The van der Waals surface area contributed by atoms with Crippen molar-refractivity contribution >= 4 is 28.6 Å². The van der Waals surface area contributed by atoms with Crippen LogP contribution >= 0.6 is 11.6 Å². The van der Waals surface area contributed by atoms with Gasteiger partial charge in [0, 0.05) is 17.6 Å². The predicted octanol–water partition coefficient (Wildman–Crippen LogP) is 3.62. The van der Waals surface area contributed by atoms with Gasteiger partial charge < -0.3 is 5.32 Å². The third-order valence-corrected chi connectivity index (χ3v) is 5.87. The average molecular weight is 421 g/mol. The fraction of sp³-hybridized carbons (Fsp3) is 0.227. The third kappa shape index (κ3) is 3.36. The maximum Gasteiger partial charge on any atom is 0.263 e. The second kappa shape index (κ2) is 7.59. The summed E-state index contributed by atoms with van der Waals surface area (Å²) in [6, 6.07) is 17.8. The van der Waals surface area contributed by atoms with Crippen LogP contribution in [0.1, 0.15) is 18.0 Å². The van der Waals surface area contributed by atoms with Crippen LogP contribution in [-0.4, -0.2) is 44.3 Å². The molecule has 30 heavy (non-hydrogen) atoms. The Labute approximate surface area is 178 Å². The molecule has 1 aliphatic rings. The van der Waals surface area contributed by atoms with E-state index in [1.165, 1.54) is 5.56 Å². The molecular weight excluding hydrogens is 400 g/mol. The van der Waals surface area contributed by atoms with Crippen LogP contribution < -0.4 is 10.9 Å². The first kappa shape index (κ1) is 18.8. The standard InChI is InChI=1S/C22H21ClN6O/c1-28-12-11-18(19(28)14-7-9-15(23)10-8-14)25-22-26-20-17(21(30)27-22)13-24-29(20)16-5-3-2-4-6-16/h2-10,13,18-19H,11-12H2,1H3,(H2,25,26,27,30). The maximum atomic E-state index is 12.7. The van der Waals surface area contributed by atoms with Crippen LogP contribution in [-0.2, 0) is 0 Å². The van der Waals surface area contributed by atoms with Gasteiger partial charge in [-0.3, -0.25) is 14.7 Å². The smallest absolute Gasteiger partial charge is 0.263 e. The van der Waals surface area contributed by atoms with Gasteiger partial charge in [-0.15, -0.1) is 0 Å². The van der Waals surface area contributed by atoms with Gasteiger partial charge in [0.1, 0.15) is 5.39 Å². The normalized spacial score (nSPS) is 19.4. The number of H-pyrrole nitrogens is 1. The van der Waals surface area contributed by atoms with Crippen molar-refractivity contribution in [2.45, 2.75) is 18.5 Å². The highest BCUT2D eigenvalue weighted by Crippen LogP contribution is 2.33. The quantitative estimate of drug-likeness (QED) is 0.527. The molecule has 7 nitrogen and oxygen atoms in total. The number of nitrogens with one attached hydrogen (secondary N) is 2. The first-order chi connectivity index (χ1) is 14.6. The Hall–Kier alpha value is -3.16. The van der Waals surface area contributed by atoms with Crippen LogP contribution in [0.15, 0.2) is 65.6 Å². The molecule has 1 saturated heterocycles. The second-order valence-electron chi connectivity index (χ2n) is 7.56. The molecule has 1 aliphatic heterocycles. The summed E-state index contributed by atoms with van der Waals surface area (Å²) >= 11 is 6.06. The van der Waals surface area contributed by atoms with Gasteiger partial charge in [-0.1, -0.05) is 41.9 Å². The molecule has 8 heteroatoms. The van der Waals surface area contributed by atoms with Crippen LogP contribution in [0.3, 0.4) is 0 Å². The lowest BCUT2D eigenvalue weighted by Gasteiger charge is -2.26. The molecule has 5 rings (SSSR count). The number of para-hydroxylation sites is 1. The molecule has 1 fully saturated rings. The SMILES string of the molecule is CN1CCC(Nc2nc3c(cnn3-c3ccccc3)c(=O)[nH]2)C1c1ccc(Cl)cc1. The topological polar surface area (TPSA) is 78.8 Å². The lowest BCUT2D eigenvalue weighted by molar-refractivity contribution is 0.309. The number of fused-ring (bicyclic) bond motifs is 1. The molecule has 2 aromatic carbocycles. The molecule has 2 atom stereocenters. The van der Waals surface area contributed by atoms with E-state index in [1.807, 2.05) is 54.6 Å². The van der Waals surface area contributed by atoms with E-state index >= 15 is 0 Å². The molecule has 3 heterocycles. The van der Waals surface area contributed by atoms with Crippen molar-refractivity contribution in [3.63, 3.8) is 0 Å². The Morgan fingerprint density at radius 1 is 1.13 bits per heavy atom. The number of rotatable bonds is 4. The zero-order valence-corrected chi connectivity index (χ0v) is 17.2. The number of hydrogen-bond donors (Lipinski definition) is 2. The molecule has 2 unspecified atom stereocenters. The van der Waals surface area contributed by atoms with Gasteiger partial charge in [-0.25, -0.2) is 4.68 Å². The minimum atomic E-state index is -0.209. The summed E-state index contributed by atoms with van der Waals surface area (Å²) in [5.74, 6) is 0.449. The largest absolute Gasteiger partial charge is 0.351 e. The highest BCUT2D eigenvalue weighted by atomic mass is 35.5. The predicted molar refractivity (Wildman–Crippen MR) is 118 cm³/mol. The first-order valence-corrected chi connectivity index (χ1v) is 10.2. The number of halogens is 1. The van der Waals surface area contributed by atoms with Crippen LogP contribution in [0, 0.1) is 0 Å². The minimum Gasteiger partial charge on any atom is -0.351 e. The summed E-state index contributed by atoms with van der Waals surface area (Å²) in [6.45, 7) is 0.944. The Morgan fingerprint density at radius 2 is 1.90 bits per heavy atom. The second-order valence-corrected chi connectivity index (χ2v) is 8.00. The number of likely N-dealkylation sites (tertiary alicyclic amines) is 1. The van der Waals surface area contributed by atoms with Crippen LogP contribution in [0.2, 0.25) is 5.02 Å². The van der Waals surface area contributed by atoms with Gasteiger partial charge in [-0.05, 0) is 43.3 Å². The van der Waals surface area contributed by atoms with E-state index in [9.17, 15) is 4.79 Å². The fourth-order valence-electron chi connectivity index (χ4n) is 4.17. The van der Waals surface area contributed by atoms with E-state index in [0.29, 0.717) is 17.0 Å². The summed E-state index contributed by atoms with van der Waals surface area (Å²) in [7, 11) is 2.10. The molecule has 0 bridgehead atoms.